The van der Waals surface area contributed by atoms with Gasteiger partial charge in [0, 0.05) is 0 Å². The average molecular weight is 421 g/mol. The van der Waals surface area contributed by atoms with Gasteiger partial charge in [-0.2, -0.15) is 0 Å². The van der Waals surface area contributed by atoms with Crippen LogP contribution < -0.4 is 0 Å². The summed E-state index contributed by atoms with van der Waals surface area (Å²) in [6, 6.07) is 13.6. The molecule has 0 amide bonds. The predicted octanol–water partition coefficient (Wildman–Crippen LogP) is 6.22. The lowest BCUT2D eigenvalue weighted by molar-refractivity contribution is -0.104. The number of hydrogen-bond donors (Lipinski definition) is 0. The number of rotatable bonds is 8. The number of benzene rings is 2. The monoisotopic (exact) mass is 420 g/mol. The van der Waals surface area contributed by atoms with Crippen molar-refractivity contribution < 1.29 is 9.59 Å². The molecule has 160 valence electrons. The van der Waals surface area contributed by atoms with Crippen molar-refractivity contribution in [2.75, 3.05) is 0 Å². The lowest BCUT2D eigenvalue weighted by atomic mass is 9.91. The molecule has 0 aromatic heterocycles. The average Bonchev–Trinajstić information content (AvgIpc) is 2.80. The van der Waals surface area contributed by atoms with Gasteiger partial charge in [-0.3, -0.25) is 9.59 Å². The van der Waals surface area contributed by atoms with E-state index in [-0.39, 0.29) is 0 Å². The van der Waals surface area contributed by atoms with Crippen LogP contribution in [0.15, 0.2) is 97.2 Å². The van der Waals surface area contributed by atoms with Crippen molar-refractivity contribution in [3.8, 4) is 0 Å². The smallest absolute Gasteiger partial charge is 0.142 e. The molecular formula is C30H28O2. The van der Waals surface area contributed by atoms with Gasteiger partial charge in [-0.25, -0.2) is 0 Å². The molecule has 0 aliphatic heterocycles. The van der Waals surface area contributed by atoms with E-state index in [9.17, 15) is 9.59 Å². The van der Waals surface area contributed by atoms with Crippen LogP contribution in [-0.2, 0) is 35.3 Å². The third kappa shape index (κ3) is 7.17. The fourth-order valence-corrected chi connectivity index (χ4v) is 3.72. The second-order valence-electron chi connectivity index (χ2n) is 7.60. The molecule has 0 saturated heterocycles. The summed E-state index contributed by atoms with van der Waals surface area (Å²) in [4.78, 5) is 20.7. The first-order valence-electron chi connectivity index (χ1n) is 10.9. The molecule has 4 aliphatic rings. The maximum atomic E-state index is 10.3. The van der Waals surface area contributed by atoms with Crippen LogP contribution >= 0.6 is 0 Å². The highest BCUT2D eigenvalue weighted by Gasteiger charge is 2.09. The van der Waals surface area contributed by atoms with Crippen molar-refractivity contribution in [2.45, 2.75) is 25.7 Å². The van der Waals surface area contributed by atoms with Gasteiger partial charge >= 0.3 is 0 Å². The molecule has 2 nitrogen and oxygen atoms in total. The van der Waals surface area contributed by atoms with Gasteiger partial charge in [0.25, 0.3) is 0 Å². The Kier molecular flexibility index (Phi) is 9.17. The zero-order valence-corrected chi connectivity index (χ0v) is 18.2. The summed E-state index contributed by atoms with van der Waals surface area (Å²) in [5.41, 5.74) is 7.85. The van der Waals surface area contributed by atoms with E-state index in [0.717, 1.165) is 38.3 Å². The Morgan fingerprint density at radius 1 is 0.469 bits per heavy atom. The summed E-state index contributed by atoms with van der Waals surface area (Å²) in [6.07, 6.45) is 27.8. The van der Waals surface area contributed by atoms with Gasteiger partial charge < -0.3 is 0 Å². The number of aryl methyl sites for hydroxylation is 4. The molecule has 32 heavy (non-hydrogen) atoms. The lowest BCUT2D eigenvalue weighted by Gasteiger charge is -2.14. The summed E-state index contributed by atoms with van der Waals surface area (Å²) in [5, 5.41) is 0. The normalized spacial score (nSPS) is 14.5. The molecule has 0 radical (unpaired) electrons. The topological polar surface area (TPSA) is 34.1 Å². The number of hydrogen-bond acceptors (Lipinski definition) is 2. The third-order valence-electron chi connectivity index (χ3n) is 5.38. The molecule has 0 N–H and O–H groups in total. The minimum Gasteiger partial charge on any atom is -0.299 e. The lowest BCUT2D eigenvalue weighted by Crippen LogP contribution is -2.02. The fourth-order valence-electron chi connectivity index (χ4n) is 3.72. The van der Waals surface area contributed by atoms with Gasteiger partial charge in [0.05, 0.1) is 0 Å². The van der Waals surface area contributed by atoms with Crippen molar-refractivity contribution in [1.82, 2.24) is 0 Å². The molecule has 0 unspecified atom stereocenters. The highest BCUT2D eigenvalue weighted by Crippen LogP contribution is 2.23. The van der Waals surface area contributed by atoms with Crippen LogP contribution in [0.1, 0.15) is 33.4 Å². The first kappa shape index (κ1) is 22.9. The van der Waals surface area contributed by atoms with Crippen molar-refractivity contribution in [1.29, 1.82) is 0 Å². The van der Waals surface area contributed by atoms with Crippen LogP contribution in [0.3, 0.4) is 0 Å². The summed E-state index contributed by atoms with van der Waals surface area (Å²) < 4.78 is 0. The second-order valence-corrected chi connectivity index (χ2v) is 7.60. The summed E-state index contributed by atoms with van der Waals surface area (Å²) in [6.45, 7) is 0. The first-order chi connectivity index (χ1) is 15.8. The zero-order valence-electron chi connectivity index (χ0n) is 18.2. The third-order valence-corrected chi connectivity index (χ3v) is 5.38. The van der Waals surface area contributed by atoms with Gasteiger partial charge in [0.1, 0.15) is 12.6 Å². The minimum atomic E-state index is 0.774. The standard InChI is InChI=1S/C30H28O2/c31-21-9-5-1-3-7-11-29-23-25-13-14-26-16-18-28(20-19-27(29)17-15-25)30(24-26)12-8-4-2-6-10-22-32/h1-12,15-18,21-24H,13-14,19-20H2/b3-1+,4-2+,9-5+,10-6+,11-7+,12-8+. The van der Waals surface area contributed by atoms with Crippen LogP contribution in [0, 0.1) is 0 Å². The molecule has 0 atom stereocenters. The number of carbonyl (C=O) groups excluding carboxylic acids is 2. The van der Waals surface area contributed by atoms with E-state index in [1.54, 1.807) is 12.2 Å². The van der Waals surface area contributed by atoms with E-state index >= 15 is 0 Å². The Morgan fingerprint density at radius 3 is 1.31 bits per heavy atom. The summed E-state index contributed by atoms with van der Waals surface area (Å²) in [5.74, 6) is 0. The van der Waals surface area contributed by atoms with Crippen molar-refractivity contribution in [3.63, 3.8) is 0 Å². The Balaban J connectivity index is 1.82. The second kappa shape index (κ2) is 12.8. The van der Waals surface area contributed by atoms with Gasteiger partial charge in [0.2, 0.25) is 0 Å². The highest BCUT2D eigenvalue weighted by molar-refractivity contribution is 5.66. The van der Waals surface area contributed by atoms with Crippen LogP contribution in [0.5, 0.6) is 0 Å². The maximum Gasteiger partial charge on any atom is 0.142 e. The van der Waals surface area contributed by atoms with E-state index in [4.69, 9.17) is 0 Å². The van der Waals surface area contributed by atoms with Crippen molar-refractivity contribution >= 4 is 24.7 Å². The molecule has 4 bridgehead atoms. The summed E-state index contributed by atoms with van der Waals surface area (Å²) >= 11 is 0. The Hall–Kier alpha value is -3.78. The van der Waals surface area contributed by atoms with E-state index in [2.05, 4.69) is 48.6 Å². The van der Waals surface area contributed by atoms with Gasteiger partial charge in [-0.05, 0) is 71.2 Å². The first-order valence-corrected chi connectivity index (χ1v) is 10.9. The Labute approximate surface area is 190 Å². The number of carbonyl (C=O) groups is 2. The number of allylic oxidation sites excluding steroid dienone is 10. The minimum absolute atomic E-state index is 0.774. The van der Waals surface area contributed by atoms with Crippen molar-refractivity contribution in [3.05, 3.63) is 131 Å². The van der Waals surface area contributed by atoms with E-state index < -0.39 is 0 Å². The SMILES string of the molecule is O=C/C=C/C=C/C=C/c1cc2ccc1CCc1ccc(cc1/C=C/C=C/C=C/C=O)CC2. The van der Waals surface area contributed by atoms with Crippen LogP contribution in [-0.4, -0.2) is 12.6 Å². The van der Waals surface area contributed by atoms with Crippen molar-refractivity contribution in [2.24, 2.45) is 0 Å². The fraction of sp³-hybridized carbons (Fsp3) is 0.133. The van der Waals surface area contributed by atoms with Crippen LogP contribution in [0.2, 0.25) is 0 Å². The maximum absolute atomic E-state index is 10.3. The molecule has 2 heteroatoms. The molecular weight excluding hydrogens is 392 g/mol. The molecule has 6 rings (SSSR count). The zero-order chi connectivity index (χ0) is 22.4. The predicted molar refractivity (Wildman–Crippen MR) is 134 cm³/mol. The van der Waals surface area contributed by atoms with Crippen LogP contribution in [0.25, 0.3) is 12.2 Å². The summed E-state index contributed by atoms with van der Waals surface area (Å²) in [7, 11) is 0. The molecule has 4 aliphatic carbocycles. The van der Waals surface area contributed by atoms with Gasteiger partial charge in [0.15, 0.2) is 0 Å². The Morgan fingerprint density at radius 2 is 0.875 bits per heavy atom. The molecule has 0 saturated carbocycles. The quantitative estimate of drug-likeness (QED) is 0.289. The van der Waals surface area contributed by atoms with Gasteiger partial charge in [-0.15, -0.1) is 0 Å². The van der Waals surface area contributed by atoms with Crippen LogP contribution in [0.4, 0.5) is 0 Å². The molecule has 0 spiro atoms. The number of aldehydes is 2. The molecule has 2 aromatic rings. The molecule has 0 fully saturated rings. The van der Waals surface area contributed by atoms with E-state index in [1.807, 2.05) is 36.5 Å². The largest absolute Gasteiger partial charge is 0.299 e. The van der Waals surface area contributed by atoms with E-state index in [0.29, 0.717) is 0 Å². The van der Waals surface area contributed by atoms with Gasteiger partial charge in [-0.1, -0.05) is 97.2 Å². The molecule has 0 heterocycles. The highest BCUT2D eigenvalue weighted by atomic mass is 16.1. The Bertz CT molecular complexity index is 1020. The molecule has 2 aromatic carbocycles. The van der Waals surface area contributed by atoms with E-state index in [1.165, 1.54) is 45.5 Å².